The number of rotatable bonds is 6. The third kappa shape index (κ3) is 3.45. The monoisotopic (exact) mass is 418 g/mol. The van der Waals surface area contributed by atoms with E-state index in [2.05, 4.69) is 27.3 Å². The Morgan fingerprint density at radius 3 is 2.30 bits per heavy atom. The van der Waals surface area contributed by atoms with Crippen molar-refractivity contribution in [3.63, 3.8) is 0 Å². The molecule has 6 nitrogen and oxygen atoms in total. The van der Waals surface area contributed by atoms with E-state index in [-0.39, 0.29) is 0 Å². The number of aliphatic imine (C=N–C) groups is 1. The van der Waals surface area contributed by atoms with Crippen molar-refractivity contribution in [3.05, 3.63) is 71.8 Å². The highest BCUT2D eigenvalue weighted by molar-refractivity contribution is 7.98. The van der Waals surface area contributed by atoms with E-state index in [4.69, 9.17) is 14.5 Å². The van der Waals surface area contributed by atoms with Gasteiger partial charge in [-0.15, -0.1) is 22.0 Å². The van der Waals surface area contributed by atoms with Crippen LogP contribution in [-0.4, -0.2) is 31.3 Å². The molecule has 3 aromatic rings. The minimum Gasteiger partial charge on any atom is -0.496 e. The summed E-state index contributed by atoms with van der Waals surface area (Å²) in [6, 6.07) is 20.0. The fraction of sp³-hybridized carbons (Fsp3) is 0.217. The normalized spacial score (nSPS) is 17.7. The van der Waals surface area contributed by atoms with Gasteiger partial charge in [-0.2, -0.15) is 0 Å². The van der Waals surface area contributed by atoms with Crippen molar-refractivity contribution in [2.45, 2.75) is 17.6 Å². The summed E-state index contributed by atoms with van der Waals surface area (Å²) in [5, 5.41) is 9.65. The molecule has 0 fully saturated rings. The number of hydrogen-bond acceptors (Lipinski definition) is 7. The average molecular weight is 419 g/mol. The number of nitrogens with zero attached hydrogens (tertiary/aromatic N) is 4. The molecule has 1 aliphatic rings. The summed E-state index contributed by atoms with van der Waals surface area (Å²) in [7, 11) is 3.29. The summed E-state index contributed by atoms with van der Waals surface area (Å²) in [5.41, 5.74) is 2.93. The lowest BCUT2D eigenvalue weighted by atomic mass is 9.91. The van der Waals surface area contributed by atoms with Crippen LogP contribution >= 0.6 is 11.8 Å². The van der Waals surface area contributed by atoms with Crippen molar-refractivity contribution < 1.29 is 9.47 Å². The molecule has 1 atom stereocenters. The minimum atomic E-state index is -0.957. The summed E-state index contributed by atoms with van der Waals surface area (Å²) >= 11 is 1.53. The molecule has 0 bridgehead atoms. The Bertz CT molecular complexity index is 1130. The van der Waals surface area contributed by atoms with Crippen LogP contribution in [0.15, 0.2) is 80.9 Å². The highest BCUT2D eigenvalue weighted by atomic mass is 32.2. The molecule has 1 aliphatic heterocycles. The SMILES string of the molecule is COc1ccc(C2(c3ccc(-c4ccccc4OC)cc3)N=NC(C)=N2)c(SC)n1. The van der Waals surface area contributed by atoms with E-state index in [0.717, 1.165) is 33.0 Å². The van der Waals surface area contributed by atoms with Gasteiger partial charge in [-0.3, -0.25) is 0 Å². The van der Waals surface area contributed by atoms with Crippen molar-refractivity contribution in [1.82, 2.24) is 4.98 Å². The molecule has 2 heterocycles. The highest BCUT2D eigenvalue weighted by Crippen LogP contribution is 2.43. The Kier molecular flexibility index (Phi) is 5.55. The van der Waals surface area contributed by atoms with Crippen molar-refractivity contribution >= 4 is 17.6 Å². The second kappa shape index (κ2) is 8.28. The van der Waals surface area contributed by atoms with Crippen LogP contribution in [-0.2, 0) is 5.66 Å². The lowest BCUT2D eigenvalue weighted by Crippen LogP contribution is -2.22. The standard InChI is InChI=1S/C23H22N4O2S/c1-15-25-23(27-26-15,19-13-14-21(29-3)24-22(19)30-4)17-11-9-16(10-12-17)18-7-5-6-8-20(18)28-2/h5-14H,1-4H3. The van der Waals surface area contributed by atoms with E-state index in [9.17, 15) is 0 Å². The van der Waals surface area contributed by atoms with Crippen LogP contribution < -0.4 is 9.47 Å². The van der Waals surface area contributed by atoms with Gasteiger partial charge < -0.3 is 9.47 Å². The number of thioether (sulfide) groups is 1. The van der Waals surface area contributed by atoms with Gasteiger partial charge in [0.15, 0.2) is 0 Å². The molecule has 0 spiro atoms. The van der Waals surface area contributed by atoms with Gasteiger partial charge >= 0.3 is 0 Å². The summed E-state index contributed by atoms with van der Waals surface area (Å²) in [5.74, 6) is 2.02. The lowest BCUT2D eigenvalue weighted by Gasteiger charge is -2.24. The third-order valence-electron chi connectivity index (χ3n) is 4.98. The Hall–Kier alpha value is -3.19. The minimum absolute atomic E-state index is 0.556. The Balaban J connectivity index is 1.83. The van der Waals surface area contributed by atoms with Gasteiger partial charge in [-0.25, -0.2) is 9.98 Å². The zero-order valence-electron chi connectivity index (χ0n) is 17.3. The number of aromatic nitrogens is 1. The maximum absolute atomic E-state index is 5.51. The molecule has 4 rings (SSSR count). The lowest BCUT2D eigenvalue weighted by molar-refractivity contribution is 0.392. The first-order valence-corrected chi connectivity index (χ1v) is 10.7. The van der Waals surface area contributed by atoms with Gasteiger partial charge in [0, 0.05) is 22.8 Å². The van der Waals surface area contributed by atoms with Crippen LogP contribution in [0.2, 0.25) is 0 Å². The molecule has 0 aliphatic carbocycles. The van der Waals surface area contributed by atoms with Crippen LogP contribution in [0.3, 0.4) is 0 Å². The molecule has 7 heteroatoms. The van der Waals surface area contributed by atoms with Gasteiger partial charge in [0.2, 0.25) is 11.5 Å². The largest absolute Gasteiger partial charge is 0.496 e. The van der Waals surface area contributed by atoms with Crippen LogP contribution in [0.1, 0.15) is 18.1 Å². The zero-order chi connectivity index (χ0) is 21.1. The third-order valence-corrected chi connectivity index (χ3v) is 5.68. The highest BCUT2D eigenvalue weighted by Gasteiger charge is 2.40. The second-order valence-electron chi connectivity index (χ2n) is 6.72. The van der Waals surface area contributed by atoms with Crippen molar-refractivity contribution in [3.8, 4) is 22.8 Å². The number of hydrogen-bond donors (Lipinski definition) is 0. The summed E-state index contributed by atoms with van der Waals surface area (Å²) < 4.78 is 10.8. The quantitative estimate of drug-likeness (QED) is 0.491. The predicted molar refractivity (Wildman–Crippen MR) is 120 cm³/mol. The molecule has 1 unspecified atom stereocenters. The first-order chi connectivity index (χ1) is 14.6. The molecule has 0 saturated heterocycles. The zero-order valence-corrected chi connectivity index (χ0v) is 18.1. The maximum atomic E-state index is 5.51. The first-order valence-electron chi connectivity index (χ1n) is 9.44. The van der Waals surface area contributed by atoms with E-state index in [0.29, 0.717) is 11.7 Å². The number of para-hydroxylation sites is 1. The fourth-order valence-corrected chi connectivity index (χ4v) is 4.15. The molecule has 30 heavy (non-hydrogen) atoms. The molecule has 0 radical (unpaired) electrons. The van der Waals surface area contributed by atoms with Crippen LogP contribution in [0.25, 0.3) is 11.1 Å². The summed E-state index contributed by atoms with van der Waals surface area (Å²) in [4.78, 5) is 9.42. The first kappa shape index (κ1) is 20.1. The van der Waals surface area contributed by atoms with Gasteiger partial charge in [-0.05, 0) is 30.9 Å². The second-order valence-corrected chi connectivity index (χ2v) is 7.51. The van der Waals surface area contributed by atoms with Crippen molar-refractivity contribution in [2.24, 2.45) is 15.2 Å². The van der Waals surface area contributed by atoms with Gasteiger partial charge in [-0.1, -0.05) is 42.5 Å². The van der Waals surface area contributed by atoms with Crippen LogP contribution in [0.5, 0.6) is 11.6 Å². The summed E-state index contributed by atoms with van der Waals surface area (Å²) in [6.07, 6.45) is 1.98. The van der Waals surface area contributed by atoms with E-state index in [1.165, 1.54) is 11.8 Å². The van der Waals surface area contributed by atoms with Crippen LogP contribution in [0, 0.1) is 0 Å². The van der Waals surface area contributed by atoms with E-state index in [1.54, 1.807) is 14.2 Å². The molecule has 152 valence electrons. The van der Waals surface area contributed by atoms with E-state index >= 15 is 0 Å². The summed E-state index contributed by atoms with van der Waals surface area (Å²) in [6.45, 7) is 1.85. The predicted octanol–water partition coefficient (Wildman–Crippen LogP) is 5.57. The Morgan fingerprint density at radius 2 is 1.67 bits per heavy atom. The van der Waals surface area contributed by atoms with Gasteiger partial charge in [0.05, 0.1) is 14.2 Å². The van der Waals surface area contributed by atoms with Crippen molar-refractivity contribution in [1.29, 1.82) is 0 Å². The molecular weight excluding hydrogens is 396 g/mol. The number of ether oxygens (including phenoxy) is 2. The molecule has 1 aromatic heterocycles. The maximum Gasteiger partial charge on any atom is 0.226 e. The molecule has 0 saturated carbocycles. The molecule has 2 aromatic carbocycles. The average Bonchev–Trinajstić information content (AvgIpc) is 3.21. The molecular formula is C23H22N4O2S. The smallest absolute Gasteiger partial charge is 0.226 e. The number of pyridine rings is 1. The van der Waals surface area contributed by atoms with E-state index in [1.807, 2.05) is 61.7 Å². The molecule has 0 amide bonds. The number of benzene rings is 2. The van der Waals surface area contributed by atoms with Gasteiger partial charge in [0.25, 0.3) is 0 Å². The molecule has 0 N–H and O–H groups in total. The number of azo groups is 1. The number of methoxy groups -OCH3 is 2. The Labute approximate surface area is 180 Å². The topological polar surface area (TPSA) is 68.4 Å². The van der Waals surface area contributed by atoms with Crippen LogP contribution in [0.4, 0.5) is 0 Å². The Morgan fingerprint density at radius 1 is 0.900 bits per heavy atom. The van der Waals surface area contributed by atoms with Crippen molar-refractivity contribution in [2.75, 3.05) is 20.5 Å². The van der Waals surface area contributed by atoms with E-state index < -0.39 is 5.66 Å². The fourth-order valence-electron chi connectivity index (χ4n) is 3.54. The number of amidine groups is 1. The van der Waals surface area contributed by atoms with Gasteiger partial charge in [0.1, 0.15) is 16.6 Å².